The summed E-state index contributed by atoms with van der Waals surface area (Å²) < 4.78 is 5.65. The lowest BCUT2D eigenvalue weighted by Gasteiger charge is -2.06. The van der Waals surface area contributed by atoms with Crippen LogP contribution in [-0.2, 0) is 6.61 Å². The van der Waals surface area contributed by atoms with Crippen molar-refractivity contribution >= 4 is 0 Å². The summed E-state index contributed by atoms with van der Waals surface area (Å²) in [5.74, 6) is 0.921. The predicted molar refractivity (Wildman–Crippen MR) is 70.1 cm³/mol. The Morgan fingerprint density at radius 2 is 1.47 bits per heavy atom. The average Bonchev–Trinajstić information content (AvgIpc) is 2.42. The summed E-state index contributed by atoms with van der Waals surface area (Å²) >= 11 is 0. The molecule has 0 heterocycles. The average molecular weight is 230 g/mol. The van der Waals surface area contributed by atoms with Crippen LogP contribution < -0.4 is 4.74 Å². The molecule has 0 bridgehead atoms. The summed E-state index contributed by atoms with van der Waals surface area (Å²) in [5.41, 5.74) is 2.44. The molecule has 0 radical (unpaired) electrons. The van der Waals surface area contributed by atoms with Crippen LogP contribution in [0.25, 0.3) is 0 Å². The van der Waals surface area contributed by atoms with Gasteiger partial charge in [0.25, 0.3) is 0 Å². The second-order valence-corrected chi connectivity index (χ2v) is 3.59. The van der Waals surface area contributed by atoms with Crippen molar-refractivity contribution in [1.29, 1.82) is 0 Å². The van der Waals surface area contributed by atoms with Crippen molar-refractivity contribution in [3.05, 3.63) is 65.7 Å². The molecule has 2 nitrogen and oxygen atoms in total. The quantitative estimate of drug-likeness (QED) is 0.877. The number of hydrogen-bond donors (Lipinski definition) is 1. The maximum atomic E-state index is 7.00. The van der Waals surface area contributed by atoms with Gasteiger partial charge in [0.1, 0.15) is 12.4 Å². The second kappa shape index (κ2) is 7.47. The van der Waals surface area contributed by atoms with Crippen LogP contribution in [0, 0.1) is 6.92 Å². The van der Waals surface area contributed by atoms with Crippen LogP contribution in [0.1, 0.15) is 11.1 Å². The monoisotopic (exact) mass is 230 g/mol. The fourth-order valence-corrected chi connectivity index (χ4v) is 1.38. The van der Waals surface area contributed by atoms with Crippen molar-refractivity contribution in [3.8, 4) is 5.75 Å². The Hall–Kier alpha value is -1.80. The van der Waals surface area contributed by atoms with E-state index in [4.69, 9.17) is 9.84 Å². The maximum Gasteiger partial charge on any atom is 0.119 e. The molecule has 2 aromatic rings. The fourth-order valence-electron chi connectivity index (χ4n) is 1.38. The molecule has 0 atom stereocenters. The summed E-state index contributed by atoms with van der Waals surface area (Å²) in [7, 11) is 1.00. The van der Waals surface area contributed by atoms with Gasteiger partial charge in [0.05, 0.1) is 0 Å². The lowest BCUT2D eigenvalue weighted by Crippen LogP contribution is -1.94. The smallest absolute Gasteiger partial charge is 0.119 e. The predicted octanol–water partition coefficient (Wildman–Crippen LogP) is 3.18. The first-order valence-corrected chi connectivity index (χ1v) is 5.53. The first kappa shape index (κ1) is 13.3. The molecular weight excluding hydrogens is 212 g/mol. The molecule has 0 saturated heterocycles. The van der Waals surface area contributed by atoms with E-state index in [9.17, 15) is 0 Å². The summed E-state index contributed by atoms with van der Waals surface area (Å²) in [4.78, 5) is 0. The van der Waals surface area contributed by atoms with Gasteiger partial charge >= 0.3 is 0 Å². The molecule has 90 valence electrons. The van der Waals surface area contributed by atoms with Crippen LogP contribution in [0.5, 0.6) is 5.75 Å². The maximum absolute atomic E-state index is 7.00. The normalized spacial score (nSPS) is 9.12. The minimum atomic E-state index is 0.629. The van der Waals surface area contributed by atoms with Gasteiger partial charge in [-0.05, 0) is 24.6 Å². The van der Waals surface area contributed by atoms with Gasteiger partial charge in [0, 0.05) is 7.11 Å². The van der Waals surface area contributed by atoms with Crippen LogP contribution >= 0.6 is 0 Å². The van der Waals surface area contributed by atoms with Crippen LogP contribution in [0.15, 0.2) is 54.6 Å². The van der Waals surface area contributed by atoms with E-state index in [-0.39, 0.29) is 0 Å². The van der Waals surface area contributed by atoms with Crippen LogP contribution in [-0.4, -0.2) is 12.2 Å². The highest BCUT2D eigenvalue weighted by atomic mass is 16.5. The van der Waals surface area contributed by atoms with Crippen molar-refractivity contribution in [1.82, 2.24) is 0 Å². The van der Waals surface area contributed by atoms with Crippen molar-refractivity contribution < 1.29 is 9.84 Å². The van der Waals surface area contributed by atoms with Crippen LogP contribution in [0.4, 0.5) is 0 Å². The zero-order valence-corrected chi connectivity index (χ0v) is 10.3. The third kappa shape index (κ3) is 4.70. The zero-order chi connectivity index (χ0) is 12.5. The molecule has 0 saturated carbocycles. The van der Waals surface area contributed by atoms with Crippen LogP contribution in [0.2, 0.25) is 0 Å². The zero-order valence-electron chi connectivity index (χ0n) is 10.3. The molecular formula is C15H18O2. The first-order chi connectivity index (χ1) is 8.34. The van der Waals surface area contributed by atoms with Gasteiger partial charge in [-0.15, -0.1) is 0 Å². The van der Waals surface area contributed by atoms with Gasteiger partial charge in [0.15, 0.2) is 0 Å². The van der Waals surface area contributed by atoms with Gasteiger partial charge in [-0.2, -0.15) is 0 Å². The molecule has 0 aliphatic heterocycles. The molecule has 0 aliphatic rings. The number of ether oxygens (including phenoxy) is 1. The highest BCUT2D eigenvalue weighted by Crippen LogP contribution is 2.13. The largest absolute Gasteiger partial charge is 0.489 e. The van der Waals surface area contributed by atoms with E-state index in [1.807, 2.05) is 30.3 Å². The van der Waals surface area contributed by atoms with Gasteiger partial charge in [0.2, 0.25) is 0 Å². The number of hydrogen-bond acceptors (Lipinski definition) is 2. The molecule has 0 amide bonds. The van der Waals surface area contributed by atoms with E-state index >= 15 is 0 Å². The minimum absolute atomic E-state index is 0.629. The summed E-state index contributed by atoms with van der Waals surface area (Å²) in [5, 5.41) is 7.00. The number of aliphatic hydroxyl groups excluding tert-OH is 1. The van der Waals surface area contributed by atoms with Gasteiger partial charge < -0.3 is 9.84 Å². The van der Waals surface area contributed by atoms with E-state index in [1.165, 1.54) is 11.1 Å². The molecule has 2 rings (SSSR count). The van der Waals surface area contributed by atoms with Crippen molar-refractivity contribution in [2.45, 2.75) is 13.5 Å². The molecule has 0 aromatic heterocycles. The Morgan fingerprint density at radius 3 is 2.06 bits per heavy atom. The number of aryl methyl sites for hydroxylation is 1. The molecule has 0 unspecified atom stereocenters. The Labute approximate surface area is 102 Å². The van der Waals surface area contributed by atoms with Crippen molar-refractivity contribution in [2.24, 2.45) is 0 Å². The van der Waals surface area contributed by atoms with Gasteiger partial charge in [-0.25, -0.2) is 0 Å². The molecule has 0 fully saturated rings. The highest BCUT2D eigenvalue weighted by Gasteiger charge is 1.94. The molecule has 1 N–H and O–H groups in total. The van der Waals surface area contributed by atoms with E-state index in [0.717, 1.165) is 12.9 Å². The lowest BCUT2D eigenvalue weighted by atomic mass is 10.2. The van der Waals surface area contributed by atoms with Gasteiger partial charge in [-0.1, -0.05) is 48.0 Å². The van der Waals surface area contributed by atoms with E-state index in [2.05, 4.69) is 31.2 Å². The van der Waals surface area contributed by atoms with Crippen LogP contribution in [0.3, 0.4) is 0 Å². The number of benzene rings is 2. The lowest BCUT2D eigenvalue weighted by molar-refractivity contribution is 0.306. The van der Waals surface area contributed by atoms with E-state index < -0.39 is 0 Å². The standard InChI is InChI=1S/C14H14O.CH4O/c1-12-7-9-14(10-8-12)15-11-13-5-3-2-4-6-13;1-2/h2-10H,11H2,1H3;2H,1H3. The summed E-state index contributed by atoms with van der Waals surface area (Å²) in [6.07, 6.45) is 0. The Bertz CT molecular complexity index is 407. The Kier molecular flexibility index (Phi) is 5.83. The minimum Gasteiger partial charge on any atom is -0.489 e. The topological polar surface area (TPSA) is 29.5 Å². The Morgan fingerprint density at radius 1 is 0.882 bits per heavy atom. The number of rotatable bonds is 3. The molecule has 2 aromatic carbocycles. The van der Waals surface area contributed by atoms with Crippen molar-refractivity contribution in [2.75, 3.05) is 7.11 Å². The summed E-state index contributed by atoms with van der Waals surface area (Å²) in [6, 6.07) is 18.3. The molecule has 0 aliphatic carbocycles. The Balaban J connectivity index is 0.000000686. The second-order valence-electron chi connectivity index (χ2n) is 3.59. The molecule has 2 heteroatoms. The molecule has 17 heavy (non-hydrogen) atoms. The van der Waals surface area contributed by atoms with E-state index in [0.29, 0.717) is 6.61 Å². The van der Waals surface area contributed by atoms with Gasteiger partial charge in [-0.3, -0.25) is 0 Å². The number of aliphatic hydroxyl groups is 1. The van der Waals surface area contributed by atoms with E-state index in [1.54, 1.807) is 0 Å². The SMILES string of the molecule is CO.Cc1ccc(OCc2ccccc2)cc1. The third-order valence-electron chi connectivity index (χ3n) is 2.27. The fraction of sp³-hybridized carbons (Fsp3) is 0.200. The highest BCUT2D eigenvalue weighted by molar-refractivity contribution is 5.26. The first-order valence-electron chi connectivity index (χ1n) is 5.53. The third-order valence-corrected chi connectivity index (χ3v) is 2.27. The van der Waals surface area contributed by atoms with Crippen molar-refractivity contribution in [3.63, 3.8) is 0 Å². The molecule has 0 spiro atoms. The summed E-state index contributed by atoms with van der Waals surface area (Å²) in [6.45, 7) is 2.70.